The minimum atomic E-state index is -0.467. The molecule has 0 aliphatic heterocycles. The van der Waals surface area contributed by atoms with Gasteiger partial charge in [0.2, 0.25) is 5.91 Å². The minimum absolute atomic E-state index is 0.0704. The van der Waals surface area contributed by atoms with Crippen LogP contribution in [0.15, 0.2) is 15.5 Å². The van der Waals surface area contributed by atoms with Gasteiger partial charge in [0.15, 0.2) is 0 Å². The third-order valence-electron chi connectivity index (χ3n) is 2.89. The Hall–Kier alpha value is -1.41. The molecule has 1 aromatic heterocycles. The Morgan fingerprint density at radius 3 is 2.85 bits per heavy atom. The van der Waals surface area contributed by atoms with Crippen LogP contribution in [0.4, 0.5) is 5.69 Å². The maximum atomic E-state index is 12.0. The molecule has 0 fully saturated rings. The number of aliphatic hydroxyl groups is 1. The summed E-state index contributed by atoms with van der Waals surface area (Å²) in [6.07, 6.45) is 1.46. The molecule has 7 nitrogen and oxygen atoms in total. The van der Waals surface area contributed by atoms with Gasteiger partial charge in [-0.25, -0.2) is 4.68 Å². The molecule has 0 radical (unpaired) electrons. The van der Waals surface area contributed by atoms with Gasteiger partial charge < -0.3 is 15.3 Å². The minimum Gasteiger partial charge on any atom is -0.394 e. The fourth-order valence-electron chi connectivity index (χ4n) is 1.60. The molecule has 2 N–H and O–H groups in total. The first-order chi connectivity index (χ1) is 9.42. The molecule has 0 aromatic carbocycles. The second-order valence-electron chi connectivity index (χ2n) is 4.34. The van der Waals surface area contributed by atoms with Crippen molar-refractivity contribution >= 4 is 27.5 Å². The molecule has 20 heavy (non-hydrogen) atoms. The number of nitrogens with zero attached hydrogens (tertiary/aromatic N) is 3. The predicted octanol–water partition coefficient (Wildman–Crippen LogP) is 0.277. The van der Waals surface area contributed by atoms with Gasteiger partial charge in [0.25, 0.3) is 5.56 Å². The lowest BCUT2D eigenvalue weighted by molar-refractivity contribution is -0.130. The first-order valence-electron chi connectivity index (χ1n) is 6.30. The highest BCUT2D eigenvalue weighted by atomic mass is 79.9. The number of likely N-dealkylation sites (N-methyl/N-ethyl adjacent to an activating group) is 1. The monoisotopic (exact) mass is 346 g/mol. The number of anilines is 1. The molecule has 1 heterocycles. The van der Waals surface area contributed by atoms with Crippen LogP contribution in [-0.4, -0.2) is 51.9 Å². The number of aliphatic hydroxyl groups excluding tert-OH is 1. The fourth-order valence-corrected chi connectivity index (χ4v) is 2.02. The molecule has 112 valence electrons. The number of nitrogens with one attached hydrogen (secondary N) is 1. The Balaban J connectivity index is 2.91. The number of hydrogen-bond acceptors (Lipinski definition) is 5. The maximum Gasteiger partial charge on any atom is 0.283 e. The lowest BCUT2D eigenvalue weighted by atomic mass is 10.2. The Bertz CT molecular complexity index is 532. The molecule has 0 bridgehead atoms. The van der Waals surface area contributed by atoms with Crippen LogP contribution >= 0.6 is 15.9 Å². The van der Waals surface area contributed by atoms with E-state index in [1.54, 1.807) is 18.9 Å². The molecule has 0 aliphatic carbocycles. The molecule has 0 spiro atoms. The SMILES string of the molecule is CCN(C)C(=O)C(C)Nc1cnn(CCO)c(=O)c1Br. The van der Waals surface area contributed by atoms with E-state index in [0.717, 1.165) is 4.68 Å². The highest BCUT2D eigenvalue weighted by Crippen LogP contribution is 2.17. The van der Waals surface area contributed by atoms with Crippen molar-refractivity contribution in [2.24, 2.45) is 0 Å². The molecular formula is C12H19BrN4O3. The summed E-state index contributed by atoms with van der Waals surface area (Å²) in [5, 5.41) is 15.7. The highest BCUT2D eigenvalue weighted by Gasteiger charge is 2.18. The normalized spacial score (nSPS) is 12.1. The molecular weight excluding hydrogens is 328 g/mol. The molecule has 1 aromatic rings. The van der Waals surface area contributed by atoms with Crippen molar-refractivity contribution < 1.29 is 9.90 Å². The van der Waals surface area contributed by atoms with Crippen LogP contribution in [0.3, 0.4) is 0 Å². The molecule has 1 atom stereocenters. The van der Waals surface area contributed by atoms with E-state index in [2.05, 4.69) is 26.3 Å². The van der Waals surface area contributed by atoms with Gasteiger partial charge in [-0.3, -0.25) is 9.59 Å². The zero-order valence-corrected chi connectivity index (χ0v) is 13.3. The van der Waals surface area contributed by atoms with Crippen molar-refractivity contribution in [1.29, 1.82) is 0 Å². The molecule has 1 amide bonds. The molecule has 1 rings (SSSR count). The lowest BCUT2D eigenvalue weighted by Crippen LogP contribution is -2.39. The third kappa shape index (κ3) is 3.80. The van der Waals surface area contributed by atoms with Gasteiger partial charge in [0, 0.05) is 13.6 Å². The van der Waals surface area contributed by atoms with E-state index in [1.165, 1.54) is 6.20 Å². The van der Waals surface area contributed by atoms with Crippen LogP contribution < -0.4 is 10.9 Å². The van der Waals surface area contributed by atoms with Gasteiger partial charge in [0.1, 0.15) is 10.5 Å². The first kappa shape index (κ1) is 16.6. The summed E-state index contributed by atoms with van der Waals surface area (Å²) in [7, 11) is 1.72. The zero-order valence-electron chi connectivity index (χ0n) is 11.8. The quantitative estimate of drug-likeness (QED) is 0.772. The van der Waals surface area contributed by atoms with Crippen molar-refractivity contribution in [2.75, 3.05) is 25.5 Å². The summed E-state index contributed by atoms with van der Waals surface area (Å²) in [5.74, 6) is -0.0704. The van der Waals surface area contributed by atoms with Crippen LogP contribution in [0, 0.1) is 0 Å². The van der Waals surface area contributed by atoms with E-state index in [4.69, 9.17) is 5.11 Å². The van der Waals surface area contributed by atoms with Crippen molar-refractivity contribution in [3.8, 4) is 0 Å². The van der Waals surface area contributed by atoms with Crippen molar-refractivity contribution in [2.45, 2.75) is 26.4 Å². The highest BCUT2D eigenvalue weighted by molar-refractivity contribution is 9.10. The standard InChI is InChI=1S/C12H19BrN4O3/c1-4-16(3)11(19)8(2)15-9-7-14-17(5-6-18)12(20)10(9)13/h7-8,15,18H,4-6H2,1-3H3. The van der Waals surface area contributed by atoms with Crippen LogP contribution in [0.5, 0.6) is 0 Å². The zero-order chi connectivity index (χ0) is 15.3. The average Bonchev–Trinajstić information content (AvgIpc) is 2.45. The van der Waals surface area contributed by atoms with Gasteiger partial charge in [-0.05, 0) is 29.8 Å². The number of amides is 1. The van der Waals surface area contributed by atoms with E-state index in [9.17, 15) is 9.59 Å². The van der Waals surface area contributed by atoms with Crippen molar-refractivity contribution in [3.63, 3.8) is 0 Å². The summed E-state index contributed by atoms with van der Waals surface area (Å²) in [6.45, 7) is 4.19. The van der Waals surface area contributed by atoms with E-state index in [1.807, 2.05) is 6.92 Å². The van der Waals surface area contributed by atoms with Gasteiger partial charge in [0.05, 0.1) is 25.0 Å². The van der Waals surface area contributed by atoms with Crippen LogP contribution in [0.25, 0.3) is 0 Å². The second-order valence-corrected chi connectivity index (χ2v) is 5.14. The van der Waals surface area contributed by atoms with Crippen LogP contribution in [0.1, 0.15) is 13.8 Å². The fraction of sp³-hybridized carbons (Fsp3) is 0.583. The Morgan fingerprint density at radius 1 is 1.65 bits per heavy atom. The number of halogens is 1. The van der Waals surface area contributed by atoms with Gasteiger partial charge in [-0.2, -0.15) is 5.10 Å². The summed E-state index contributed by atoms with van der Waals surface area (Å²) < 4.78 is 1.44. The largest absolute Gasteiger partial charge is 0.394 e. The van der Waals surface area contributed by atoms with Crippen LogP contribution in [0.2, 0.25) is 0 Å². The molecule has 1 unspecified atom stereocenters. The van der Waals surface area contributed by atoms with E-state index in [0.29, 0.717) is 16.7 Å². The molecule has 0 saturated carbocycles. The smallest absolute Gasteiger partial charge is 0.283 e. The first-order valence-corrected chi connectivity index (χ1v) is 7.09. The lowest BCUT2D eigenvalue weighted by Gasteiger charge is -2.21. The number of carbonyl (C=O) groups excluding carboxylic acids is 1. The van der Waals surface area contributed by atoms with Crippen molar-refractivity contribution in [3.05, 3.63) is 21.0 Å². The Labute approximate surface area is 125 Å². The summed E-state index contributed by atoms with van der Waals surface area (Å²) in [5.41, 5.74) is 0.0992. The maximum absolute atomic E-state index is 12.0. The van der Waals surface area contributed by atoms with E-state index in [-0.39, 0.29) is 24.6 Å². The Kier molecular flexibility index (Phi) is 6.15. The molecule has 0 saturated heterocycles. The number of carbonyl (C=O) groups is 1. The third-order valence-corrected chi connectivity index (χ3v) is 3.66. The van der Waals surface area contributed by atoms with Gasteiger partial charge in [-0.1, -0.05) is 0 Å². The number of aromatic nitrogens is 2. The van der Waals surface area contributed by atoms with Crippen molar-refractivity contribution in [1.82, 2.24) is 14.7 Å². The topological polar surface area (TPSA) is 87.5 Å². The predicted molar refractivity (Wildman–Crippen MR) is 79.7 cm³/mol. The summed E-state index contributed by atoms with van der Waals surface area (Å²) in [4.78, 5) is 25.5. The Morgan fingerprint density at radius 2 is 2.30 bits per heavy atom. The van der Waals surface area contributed by atoms with Crippen LogP contribution in [-0.2, 0) is 11.3 Å². The number of rotatable bonds is 6. The van der Waals surface area contributed by atoms with Gasteiger partial charge >= 0.3 is 0 Å². The molecule has 0 aliphatic rings. The second kappa shape index (κ2) is 7.39. The number of hydrogen-bond donors (Lipinski definition) is 2. The van der Waals surface area contributed by atoms with E-state index < -0.39 is 6.04 Å². The van der Waals surface area contributed by atoms with E-state index >= 15 is 0 Å². The molecule has 8 heteroatoms. The average molecular weight is 347 g/mol. The summed E-state index contributed by atoms with van der Waals surface area (Å²) in [6, 6.07) is -0.467. The van der Waals surface area contributed by atoms with Gasteiger partial charge in [-0.15, -0.1) is 0 Å². The summed E-state index contributed by atoms with van der Waals surface area (Å²) >= 11 is 3.19.